The molecule has 1 N–H and O–H groups in total. The van der Waals surface area contributed by atoms with E-state index in [1.54, 1.807) is 7.11 Å². The van der Waals surface area contributed by atoms with E-state index >= 15 is 0 Å². The molecule has 1 amide bonds. The number of hydrogen-bond donors (Lipinski definition) is 1. The van der Waals surface area contributed by atoms with Crippen LogP contribution in [0.2, 0.25) is 0 Å². The van der Waals surface area contributed by atoms with E-state index in [0.717, 1.165) is 17.7 Å². The molecule has 0 aromatic heterocycles. The van der Waals surface area contributed by atoms with Crippen LogP contribution in [0.1, 0.15) is 78.2 Å². The Morgan fingerprint density at radius 2 is 1.68 bits per heavy atom. The van der Waals surface area contributed by atoms with Crippen molar-refractivity contribution in [3.05, 3.63) is 29.8 Å². The first-order valence-corrected chi connectivity index (χ1v) is 12.7. The summed E-state index contributed by atoms with van der Waals surface area (Å²) < 4.78 is 5.15. The van der Waals surface area contributed by atoms with E-state index in [9.17, 15) is 19.2 Å². The number of rotatable bonds is 6. The third-order valence-corrected chi connectivity index (χ3v) is 8.52. The molecule has 6 heteroatoms. The van der Waals surface area contributed by atoms with Crippen LogP contribution in [0.5, 0.6) is 5.75 Å². The van der Waals surface area contributed by atoms with Crippen molar-refractivity contribution in [1.82, 2.24) is 5.32 Å². The van der Waals surface area contributed by atoms with Gasteiger partial charge in [-0.15, -0.1) is 0 Å². The van der Waals surface area contributed by atoms with Crippen LogP contribution in [0.25, 0.3) is 0 Å². The maximum atomic E-state index is 13.3. The fourth-order valence-corrected chi connectivity index (χ4v) is 6.61. The first kappa shape index (κ1) is 26.1. The van der Waals surface area contributed by atoms with Crippen molar-refractivity contribution in [2.24, 2.45) is 28.6 Å². The van der Waals surface area contributed by atoms with E-state index < -0.39 is 10.8 Å². The molecule has 4 unspecified atom stereocenters. The molecule has 6 nitrogen and oxygen atoms in total. The van der Waals surface area contributed by atoms with Gasteiger partial charge in [0, 0.05) is 49.0 Å². The first-order chi connectivity index (χ1) is 16.2. The maximum Gasteiger partial charge on any atom is 0.220 e. The Balaban J connectivity index is 0.00000158. The van der Waals surface area contributed by atoms with Crippen LogP contribution in [0, 0.1) is 28.6 Å². The van der Waals surface area contributed by atoms with Crippen molar-refractivity contribution < 1.29 is 23.9 Å². The molecule has 3 aliphatic carbocycles. The molecule has 0 radical (unpaired) electrons. The average Bonchev–Trinajstić information content (AvgIpc) is 3.14. The Labute approximate surface area is 203 Å². The first-order valence-electron chi connectivity index (χ1n) is 12.7. The number of amides is 1. The molecule has 0 saturated heterocycles. The minimum absolute atomic E-state index is 0.0400. The molecule has 34 heavy (non-hydrogen) atoms. The van der Waals surface area contributed by atoms with Crippen LogP contribution in [0.3, 0.4) is 0 Å². The molecule has 186 valence electrons. The lowest BCUT2D eigenvalue weighted by molar-refractivity contribution is -0.160. The second-order valence-electron chi connectivity index (χ2n) is 10.3. The molecule has 0 spiro atoms. The summed E-state index contributed by atoms with van der Waals surface area (Å²) in [6.07, 6.45) is 3.28. The smallest absolute Gasteiger partial charge is 0.220 e. The molecule has 0 bridgehead atoms. The van der Waals surface area contributed by atoms with Gasteiger partial charge in [0.15, 0.2) is 0 Å². The highest BCUT2D eigenvalue weighted by molar-refractivity contribution is 5.99. The highest BCUT2D eigenvalue weighted by Gasteiger charge is 2.62. The third-order valence-electron chi connectivity index (χ3n) is 8.52. The van der Waals surface area contributed by atoms with Gasteiger partial charge in [-0.25, -0.2) is 0 Å². The summed E-state index contributed by atoms with van der Waals surface area (Å²) in [5.41, 5.74) is -0.425. The average molecular weight is 470 g/mol. The molecule has 4 rings (SSSR count). The van der Waals surface area contributed by atoms with Crippen LogP contribution in [-0.4, -0.2) is 30.4 Å². The zero-order valence-electron chi connectivity index (χ0n) is 21.2. The van der Waals surface area contributed by atoms with Crippen LogP contribution in [-0.2, 0) is 25.7 Å². The number of carbonyl (C=O) groups excluding carboxylic acids is 4. The Morgan fingerprint density at radius 3 is 2.32 bits per heavy atom. The van der Waals surface area contributed by atoms with Gasteiger partial charge in [0.25, 0.3) is 0 Å². The summed E-state index contributed by atoms with van der Waals surface area (Å²) in [5.74, 6) is 0.831. The van der Waals surface area contributed by atoms with Crippen molar-refractivity contribution >= 4 is 23.3 Å². The van der Waals surface area contributed by atoms with Crippen LogP contribution < -0.4 is 10.1 Å². The highest BCUT2D eigenvalue weighted by atomic mass is 16.5. The van der Waals surface area contributed by atoms with Crippen LogP contribution in [0.15, 0.2) is 24.3 Å². The molecule has 1 aromatic carbocycles. The monoisotopic (exact) mass is 469 g/mol. The Morgan fingerprint density at radius 1 is 1.03 bits per heavy atom. The van der Waals surface area contributed by atoms with Gasteiger partial charge in [0.05, 0.1) is 7.11 Å². The Hall–Kier alpha value is -2.50. The lowest BCUT2D eigenvalue weighted by atomic mass is 9.48. The molecule has 5 atom stereocenters. The Kier molecular flexibility index (Phi) is 7.99. The standard InChI is InChI=1S/C26H33NO5.C2H6/c1-25(13-12-23(31)27-15-16-4-6-17(32-3)7-5-16)21(29)10-8-18-19-9-11-22(30)26(19,2)14-20(28)24(18)25;1-2/h4-7,18-19,24H,8-15H2,1-3H3,(H,27,31);1-2H3/t18?,19?,24?,25-,26?;/m0./s1. The van der Waals surface area contributed by atoms with E-state index in [-0.39, 0.29) is 53.9 Å². The van der Waals surface area contributed by atoms with E-state index in [2.05, 4.69) is 5.32 Å². The maximum absolute atomic E-state index is 13.3. The number of hydrogen-bond acceptors (Lipinski definition) is 5. The predicted octanol–water partition coefficient (Wildman–Crippen LogP) is 4.68. The van der Waals surface area contributed by atoms with Crippen molar-refractivity contribution in [2.45, 2.75) is 79.2 Å². The van der Waals surface area contributed by atoms with Gasteiger partial charge in [-0.05, 0) is 48.8 Å². The van der Waals surface area contributed by atoms with Crippen LogP contribution >= 0.6 is 0 Å². The summed E-state index contributed by atoms with van der Waals surface area (Å²) >= 11 is 0. The Bertz CT molecular complexity index is 939. The zero-order chi connectivity index (χ0) is 25.1. The van der Waals surface area contributed by atoms with E-state index in [0.29, 0.717) is 32.2 Å². The van der Waals surface area contributed by atoms with Gasteiger partial charge in [0.2, 0.25) is 5.91 Å². The molecule has 3 fully saturated rings. The van der Waals surface area contributed by atoms with Crippen molar-refractivity contribution in [3.8, 4) is 5.75 Å². The number of fused-ring (bicyclic) bond motifs is 3. The highest BCUT2D eigenvalue weighted by Crippen LogP contribution is 2.60. The normalized spacial score (nSPS) is 32.3. The molecule has 3 saturated carbocycles. The minimum atomic E-state index is -0.829. The molecule has 0 heterocycles. The van der Waals surface area contributed by atoms with Gasteiger partial charge in [0.1, 0.15) is 23.1 Å². The number of carbonyl (C=O) groups is 4. The van der Waals surface area contributed by atoms with Gasteiger partial charge in [-0.1, -0.05) is 39.8 Å². The van der Waals surface area contributed by atoms with E-state index in [1.165, 1.54) is 0 Å². The van der Waals surface area contributed by atoms with Gasteiger partial charge >= 0.3 is 0 Å². The fraction of sp³-hybridized carbons (Fsp3) is 0.643. The number of ether oxygens (including phenoxy) is 1. The van der Waals surface area contributed by atoms with Crippen molar-refractivity contribution in [3.63, 3.8) is 0 Å². The molecular weight excluding hydrogens is 430 g/mol. The number of ketones is 3. The number of benzene rings is 1. The number of methoxy groups -OCH3 is 1. The summed E-state index contributed by atoms with van der Waals surface area (Å²) in [7, 11) is 1.61. The van der Waals surface area contributed by atoms with Gasteiger partial charge < -0.3 is 10.1 Å². The summed E-state index contributed by atoms with van der Waals surface area (Å²) in [6, 6.07) is 7.49. The predicted molar refractivity (Wildman–Crippen MR) is 130 cm³/mol. The quantitative estimate of drug-likeness (QED) is 0.653. The minimum Gasteiger partial charge on any atom is -0.497 e. The van der Waals surface area contributed by atoms with E-state index in [4.69, 9.17) is 4.74 Å². The molecule has 1 aromatic rings. The van der Waals surface area contributed by atoms with E-state index in [1.807, 2.05) is 52.0 Å². The number of nitrogens with one attached hydrogen (secondary N) is 1. The molecule has 0 aliphatic heterocycles. The second-order valence-corrected chi connectivity index (χ2v) is 10.3. The topological polar surface area (TPSA) is 89.5 Å². The largest absolute Gasteiger partial charge is 0.497 e. The zero-order valence-corrected chi connectivity index (χ0v) is 21.2. The molecular formula is C28H39NO5. The van der Waals surface area contributed by atoms with Crippen LogP contribution in [0.4, 0.5) is 0 Å². The number of Topliss-reactive ketones (excluding diaryl/α,β-unsaturated/α-hetero) is 3. The fourth-order valence-electron chi connectivity index (χ4n) is 6.61. The summed E-state index contributed by atoms with van der Waals surface area (Å²) in [6.45, 7) is 8.22. The van der Waals surface area contributed by atoms with Crippen molar-refractivity contribution in [2.75, 3.05) is 7.11 Å². The van der Waals surface area contributed by atoms with Gasteiger partial charge in [-0.3, -0.25) is 19.2 Å². The lowest BCUT2D eigenvalue weighted by Crippen LogP contribution is -2.56. The van der Waals surface area contributed by atoms with Crippen molar-refractivity contribution in [1.29, 1.82) is 0 Å². The summed E-state index contributed by atoms with van der Waals surface area (Å²) in [5, 5.41) is 2.92. The summed E-state index contributed by atoms with van der Waals surface area (Å²) in [4.78, 5) is 51.4. The second kappa shape index (κ2) is 10.4. The SMILES string of the molecule is CC.COc1ccc(CNC(=O)CC[C@@]2(C)C(=O)CCC3C4CCC(=O)C4(C)CC(=O)C32)cc1. The lowest BCUT2D eigenvalue weighted by Gasteiger charge is -2.52. The molecule has 3 aliphatic rings. The van der Waals surface area contributed by atoms with Gasteiger partial charge in [-0.2, -0.15) is 0 Å². The third kappa shape index (κ3) is 4.69.